The molecule has 0 aromatic heterocycles. The van der Waals surface area contributed by atoms with Crippen LogP contribution in [-0.4, -0.2) is 34.1 Å². The van der Waals surface area contributed by atoms with E-state index in [0.29, 0.717) is 18.6 Å². The van der Waals surface area contributed by atoms with Crippen molar-refractivity contribution in [3.05, 3.63) is 17.7 Å². The number of carbonyl (C=O) groups excluding carboxylic acids is 1. The lowest BCUT2D eigenvalue weighted by Gasteiger charge is -2.16. The van der Waals surface area contributed by atoms with E-state index < -0.39 is 15.2 Å². The van der Waals surface area contributed by atoms with Crippen LogP contribution in [-0.2, 0) is 18.6 Å². The normalized spacial score (nSPS) is 18.5. The fourth-order valence-corrected chi connectivity index (χ4v) is 3.31. The van der Waals surface area contributed by atoms with Crippen LogP contribution < -0.4 is 10.1 Å². The molecule has 1 heterocycles. The summed E-state index contributed by atoms with van der Waals surface area (Å²) in [4.78, 5) is 11.9. The van der Waals surface area contributed by atoms with Crippen molar-refractivity contribution in [1.29, 1.82) is 0 Å². The van der Waals surface area contributed by atoms with Gasteiger partial charge >= 0.3 is 0 Å². The van der Waals surface area contributed by atoms with Crippen molar-refractivity contribution < 1.29 is 22.7 Å². The summed E-state index contributed by atoms with van der Waals surface area (Å²) in [5, 5.41) is 2.64. The predicted octanol–water partition coefficient (Wildman–Crippen LogP) is 2.05. The molecule has 1 aromatic carbocycles. The molecule has 2 rings (SSSR count). The molecule has 1 aromatic rings. The molecule has 1 unspecified atom stereocenters. The van der Waals surface area contributed by atoms with Crippen molar-refractivity contribution in [2.24, 2.45) is 0 Å². The Kier molecular flexibility index (Phi) is 4.75. The van der Waals surface area contributed by atoms with Gasteiger partial charge in [-0.1, -0.05) is 0 Å². The van der Waals surface area contributed by atoms with Gasteiger partial charge in [-0.3, -0.25) is 4.79 Å². The molecule has 1 fully saturated rings. The lowest BCUT2D eigenvalue weighted by Crippen LogP contribution is -2.27. The van der Waals surface area contributed by atoms with Crippen LogP contribution in [0.1, 0.15) is 18.4 Å². The number of rotatable bonds is 4. The summed E-state index contributed by atoms with van der Waals surface area (Å²) in [6.07, 6.45) is 0.941. The van der Waals surface area contributed by atoms with E-state index in [9.17, 15) is 13.2 Å². The van der Waals surface area contributed by atoms with Gasteiger partial charge in [-0.25, -0.2) is 8.42 Å². The van der Waals surface area contributed by atoms with E-state index in [2.05, 4.69) is 5.32 Å². The first-order valence-electron chi connectivity index (χ1n) is 6.38. The summed E-state index contributed by atoms with van der Waals surface area (Å²) in [6.45, 7) is 2.25. The fraction of sp³-hybridized carbons (Fsp3) is 0.462. The highest BCUT2D eigenvalue weighted by Gasteiger charge is 2.26. The summed E-state index contributed by atoms with van der Waals surface area (Å²) in [6, 6.07) is 3.01. The van der Waals surface area contributed by atoms with Crippen molar-refractivity contribution in [3.8, 4) is 5.75 Å². The molecule has 0 aliphatic carbocycles. The van der Waals surface area contributed by atoms with Gasteiger partial charge in [0.2, 0.25) is 0 Å². The topological polar surface area (TPSA) is 81.7 Å². The van der Waals surface area contributed by atoms with Crippen molar-refractivity contribution in [2.45, 2.75) is 30.8 Å². The summed E-state index contributed by atoms with van der Waals surface area (Å²) < 4.78 is 33.6. The first-order valence-corrected chi connectivity index (χ1v) is 8.69. The molecule has 0 radical (unpaired) electrons. The zero-order chi connectivity index (χ0) is 15.6. The Hall–Kier alpha value is -1.31. The number of amides is 1. The lowest BCUT2D eigenvalue weighted by molar-refractivity contribution is -0.124. The van der Waals surface area contributed by atoms with E-state index in [1.165, 1.54) is 13.2 Å². The minimum atomic E-state index is -3.98. The second kappa shape index (κ2) is 6.21. The van der Waals surface area contributed by atoms with Gasteiger partial charge in [-0.05, 0) is 37.5 Å². The standard InChI is InChI=1S/C13H16ClNO5S/c1-8-6-9(15-13(16)10-4-3-5-20-10)12(19-2)11(7-8)21(14,17)18/h6-7,10H,3-5H2,1-2H3,(H,15,16). The Morgan fingerprint density at radius 1 is 1.48 bits per heavy atom. The quantitative estimate of drug-likeness (QED) is 0.853. The molecule has 1 N–H and O–H groups in total. The van der Waals surface area contributed by atoms with E-state index in [0.717, 1.165) is 6.42 Å². The second-order valence-electron chi connectivity index (χ2n) is 4.77. The first kappa shape index (κ1) is 16.1. The molecule has 0 bridgehead atoms. The van der Waals surface area contributed by atoms with Gasteiger partial charge in [0.05, 0.1) is 12.8 Å². The number of nitrogens with one attached hydrogen (secondary N) is 1. The number of hydrogen-bond donors (Lipinski definition) is 1. The van der Waals surface area contributed by atoms with E-state index in [1.54, 1.807) is 13.0 Å². The third kappa shape index (κ3) is 3.66. The van der Waals surface area contributed by atoms with Crippen molar-refractivity contribution in [2.75, 3.05) is 19.0 Å². The Morgan fingerprint density at radius 3 is 2.71 bits per heavy atom. The summed E-state index contributed by atoms with van der Waals surface area (Å²) in [7, 11) is 2.74. The lowest BCUT2D eigenvalue weighted by atomic mass is 10.2. The summed E-state index contributed by atoms with van der Waals surface area (Å²) in [5.74, 6) is -0.309. The van der Waals surface area contributed by atoms with Crippen LogP contribution in [0.5, 0.6) is 5.75 Å². The Balaban J connectivity index is 2.38. The molecule has 1 saturated heterocycles. The third-order valence-corrected chi connectivity index (χ3v) is 4.47. The fourth-order valence-electron chi connectivity index (χ4n) is 2.22. The number of methoxy groups -OCH3 is 1. The summed E-state index contributed by atoms with van der Waals surface area (Å²) in [5.41, 5.74) is 0.898. The van der Waals surface area contributed by atoms with Crippen LogP contribution >= 0.6 is 10.7 Å². The zero-order valence-corrected chi connectivity index (χ0v) is 13.3. The van der Waals surface area contributed by atoms with E-state index in [1.807, 2.05) is 0 Å². The molecule has 6 nitrogen and oxygen atoms in total. The van der Waals surface area contributed by atoms with Crippen LogP contribution in [0.2, 0.25) is 0 Å². The van der Waals surface area contributed by atoms with Crippen molar-refractivity contribution in [3.63, 3.8) is 0 Å². The van der Waals surface area contributed by atoms with E-state index in [4.69, 9.17) is 20.2 Å². The monoisotopic (exact) mass is 333 g/mol. The average Bonchev–Trinajstić information content (AvgIpc) is 2.91. The maximum atomic E-state index is 12.1. The molecule has 1 aliphatic heterocycles. The van der Waals surface area contributed by atoms with Gasteiger partial charge < -0.3 is 14.8 Å². The maximum Gasteiger partial charge on any atom is 0.265 e. The molecule has 1 amide bonds. The Bertz CT molecular complexity index is 653. The van der Waals surface area contributed by atoms with Gasteiger partial charge in [0.15, 0.2) is 5.75 Å². The maximum absolute atomic E-state index is 12.1. The molecule has 1 aliphatic rings. The first-order chi connectivity index (χ1) is 9.82. The number of anilines is 1. The number of benzene rings is 1. The van der Waals surface area contributed by atoms with Crippen LogP contribution in [0.15, 0.2) is 17.0 Å². The number of ether oxygens (including phenoxy) is 2. The number of carbonyl (C=O) groups is 1. The summed E-state index contributed by atoms with van der Waals surface area (Å²) >= 11 is 0. The van der Waals surface area contributed by atoms with E-state index in [-0.39, 0.29) is 22.2 Å². The minimum Gasteiger partial charge on any atom is -0.493 e. The zero-order valence-electron chi connectivity index (χ0n) is 11.7. The highest BCUT2D eigenvalue weighted by atomic mass is 35.7. The molecule has 21 heavy (non-hydrogen) atoms. The highest BCUT2D eigenvalue weighted by Crippen LogP contribution is 2.35. The van der Waals surface area contributed by atoms with E-state index >= 15 is 0 Å². The number of hydrogen-bond acceptors (Lipinski definition) is 5. The Morgan fingerprint density at radius 2 is 2.19 bits per heavy atom. The molecule has 1 atom stereocenters. The molecule has 0 spiro atoms. The molecule has 8 heteroatoms. The molecule has 116 valence electrons. The predicted molar refractivity (Wildman–Crippen MR) is 78.4 cm³/mol. The van der Waals surface area contributed by atoms with Crippen LogP contribution in [0.4, 0.5) is 5.69 Å². The van der Waals surface area contributed by atoms with Crippen molar-refractivity contribution >= 4 is 31.3 Å². The number of halogens is 1. The van der Waals surface area contributed by atoms with Crippen LogP contribution in [0.25, 0.3) is 0 Å². The highest BCUT2D eigenvalue weighted by molar-refractivity contribution is 8.13. The second-order valence-corrected chi connectivity index (χ2v) is 7.31. The Labute approximate surface area is 127 Å². The van der Waals surface area contributed by atoms with Crippen LogP contribution in [0.3, 0.4) is 0 Å². The average molecular weight is 334 g/mol. The van der Waals surface area contributed by atoms with Gasteiger partial charge in [-0.15, -0.1) is 0 Å². The van der Waals surface area contributed by atoms with Crippen LogP contribution in [0, 0.1) is 6.92 Å². The third-order valence-electron chi connectivity index (χ3n) is 3.15. The van der Waals surface area contributed by atoms with Crippen molar-refractivity contribution in [1.82, 2.24) is 0 Å². The van der Waals surface area contributed by atoms with Gasteiger partial charge in [-0.2, -0.15) is 0 Å². The number of aryl methyl sites for hydroxylation is 1. The largest absolute Gasteiger partial charge is 0.493 e. The molecular weight excluding hydrogens is 318 g/mol. The van der Waals surface area contributed by atoms with Gasteiger partial charge in [0.25, 0.3) is 15.0 Å². The minimum absolute atomic E-state index is 0.0157. The van der Waals surface area contributed by atoms with Gasteiger partial charge in [0.1, 0.15) is 11.0 Å². The molecule has 0 saturated carbocycles. The smallest absolute Gasteiger partial charge is 0.265 e. The molecular formula is C13H16ClNO5S. The van der Waals surface area contributed by atoms with Gasteiger partial charge in [0, 0.05) is 17.3 Å². The SMILES string of the molecule is COc1c(NC(=O)C2CCCO2)cc(C)cc1S(=O)(=O)Cl.